The third-order valence-corrected chi connectivity index (χ3v) is 7.15. The fraction of sp³-hybridized carbons (Fsp3) is 0.478. The highest BCUT2D eigenvalue weighted by Gasteiger charge is 2.31. The molecule has 0 amide bonds. The van der Waals surface area contributed by atoms with Crippen LogP contribution in [0.25, 0.3) is 10.2 Å². The largest absolute Gasteiger partial charge is 0.339 e. The van der Waals surface area contributed by atoms with E-state index in [1.807, 2.05) is 11.3 Å². The molecule has 3 aromatic rings. The zero-order valence-corrected chi connectivity index (χ0v) is 18.0. The van der Waals surface area contributed by atoms with Gasteiger partial charge in [-0.3, -0.25) is 0 Å². The van der Waals surface area contributed by atoms with E-state index in [0.29, 0.717) is 5.41 Å². The molecule has 1 unspecified atom stereocenters. The Bertz CT molecular complexity index is 987. The van der Waals surface area contributed by atoms with Gasteiger partial charge in [-0.15, -0.1) is 11.3 Å². The number of hydrogen-bond donors (Lipinski definition) is 1. The van der Waals surface area contributed by atoms with Gasteiger partial charge in [0, 0.05) is 10.6 Å². The first-order valence-electron chi connectivity index (χ1n) is 9.84. The fourth-order valence-electron chi connectivity index (χ4n) is 4.44. The van der Waals surface area contributed by atoms with Crippen molar-refractivity contribution in [3.8, 4) is 0 Å². The summed E-state index contributed by atoms with van der Waals surface area (Å²) in [5.41, 5.74) is 6.82. The van der Waals surface area contributed by atoms with Crippen molar-refractivity contribution < 1.29 is 0 Å². The molecule has 2 aromatic heterocycles. The van der Waals surface area contributed by atoms with Crippen LogP contribution >= 0.6 is 11.3 Å². The second-order valence-electron chi connectivity index (χ2n) is 9.11. The Labute approximate surface area is 166 Å². The number of rotatable bonds is 2. The summed E-state index contributed by atoms with van der Waals surface area (Å²) in [5, 5.41) is 4.88. The van der Waals surface area contributed by atoms with Crippen LogP contribution in [0.3, 0.4) is 0 Å². The van der Waals surface area contributed by atoms with Crippen molar-refractivity contribution in [3.63, 3.8) is 0 Å². The fourth-order valence-corrected chi connectivity index (χ4v) is 5.71. The van der Waals surface area contributed by atoms with Gasteiger partial charge < -0.3 is 5.32 Å². The summed E-state index contributed by atoms with van der Waals surface area (Å²) >= 11 is 1.86. The van der Waals surface area contributed by atoms with Crippen molar-refractivity contribution in [1.29, 1.82) is 0 Å². The van der Waals surface area contributed by atoms with Crippen LogP contribution in [-0.2, 0) is 12.8 Å². The van der Waals surface area contributed by atoms with Crippen molar-refractivity contribution in [3.05, 3.63) is 45.6 Å². The second kappa shape index (κ2) is 6.59. The van der Waals surface area contributed by atoms with Gasteiger partial charge in [0.05, 0.1) is 5.39 Å². The lowest BCUT2D eigenvalue weighted by molar-refractivity contribution is 0.218. The van der Waals surface area contributed by atoms with Crippen LogP contribution in [0.2, 0.25) is 0 Å². The highest BCUT2D eigenvalue weighted by Crippen LogP contribution is 2.44. The van der Waals surface area contributed by atoms with Gasteiger partial charge in [-0.1, -0.05) is 38.5 Å². The number of thiophene rings is 1. The quantitative estimate of drug-likeness (QED) is 0.551. The van der Waals surface area contributed by atoms with Gasteiger partial charge >= 0.3 is 0 Å². The van der Waals surface area contributed by atoms with E-state index >= 15 is 0 Å². The lowest BCUT2D eigenvalue weighted by Gasteiger charge is -2.33. The SMILES string of the molecule is Cc1cc(C)c(Nc2ncnc3sc4c(c23)CCC(C(C)(C)C)C4)c(C)c1. The number of anilines is 2. The van der Waals surface area contributed by atoms with Crippen LogP contribution in [0, 0.1) is 32.1 Å². The number of fused-ring (bicyclic) bond motifs is 3. The van der Waals surface area contributed by atoms with Gasteiger partial charge in [0.2, 0.25) is 0 Å². The molecule has 1 atom stereocenters. The molecule has 0 aliphatic heterocycles. The van der Waals surface area contributed by atoms with E-state index in [2.05, 4.69) is 69.0 Å². The summed E-state index contributed by atoms with van der Waals surface area (Å²) in [6.45, 7) is 13.6. The van der Waals surface area contributed by atoms with Crippen molar-refractivity contribution in [2.45, 2.75) is 60.8 Å². The van der Waals surface area contributed by atoms with E-state index < -0.39 is 0 Å². The molecule has 142 valence electrons. The van der Waals surface area contributed by atoms with Gasteiger partial charge in [0.15, 0.2) is 0 Å². The third-order valence-electron chi connectivity index (χ3n) is 5.99. The summed E-state index contributed by atoms with van der Waals surface area (Å²) in [6, 6.07) is 4.45. The molecule has 0 saturated heterocycles. The highest BCUT2D eigenvalue weighted by molar-refractivity contribution is 7.19. The van der Waals surface area contributed by atoms with Gasteiger partial charge in [-0.05, 0) is 68.1 Å². The predicted octanol–water partition coefficient (Wildman–Crippen LogP) is 6.51. The number of hydrogen-bond acceptors (Lipinski definition) is 4. The molecule has 1 aromatic carbocycles. The minimum atomic E-state index is 0.358. The number of nitrogens with zero attached hydrogens (tertiary/aromatic N) is 2. The Kier molecular flexibility index (Phi) is 4.50. The molecule has 0 spiro atoms. The summed E-state index contributed by atoms with van der Waals surface area (Å²) < 4.78 is 0. The standard InChI is InChI=1S/C23H29N3S/c1-13-9-14(2)20(15(3)10-13)26-21-19-17-8-7-16(23(4,5)6)11-18(17)27-22(19)25-12-24-21/h9-10,12,16H,7-8,11H2,1-6H3,(H,24,25,26). The number of benzene rings is 1. The van der Waals surface area contributed by atoms with E-state index in [4.69, 9.17) is 0 Å². The Morgan fingerprint density at radius 3 is 2.44 bits per heavy atom. The normalized spacial score (nSPS) is 17.2. The first kappa shape index (κ1) is 18.4. The van der Waals surface area contributed by atoms with Crippen LogP contribution in [0.5, 0.6) is 0 Å². The lowest BCUT2D eigenvalue weighted by Crippen LogP contribution is -2.26. The monoisotopic (exact) mass is 379 g/mol. The van der Waals surface area contributed by atoms with Crippen molar-refractivity contribution in [2.24, 2.45) is 11.3 Å². The lowest BCUT2D eigenvalue weighted by atomic mass is 9.72. The minimum Gasteiger partial charge on any atom is -0.339 e. The van der Waals surface area contributed by atoms with E-state index in [-0.39, 0.29) is 0 Å². The van der Waals surface area contributed by atoms with Gasteiger partial charge in [-0.2, -0.15) is 0 Å². The van der Waals surface area contributed by atoms with Crippen LogP contribution in [0.1, 0.15) is 54.3 Å². The summed E-state index contributed by atoms with van der Waals surface area (Å²) in [6.07, 6.45) is 5.25. The summed E-state index contributed by atoms with van der Waals surface area (Å²) in [4.78, 5) is 11.9. The average Bonchev–Trinajstić information content (AvgIpc) is 2.95. The van der Waals surface area contributed by atoms with E-state index in [1.165, 1.54) is 51.0 Å². The second-order valence-corrected chi connectivity index (χ2v) is 10.2. The molecule has 2 heterocycles. The van der Waals surface area contributed by atoms with Crippen LogP contribution in [-0.4, -0.2) is 9.97 Å². The molecule has 4 rings (SSSR count). The average molecular weight is 380 g/mol. The van der Waals surface area contributed by atoms with Gasteiger partial charge in [-0.25, -0.2) is 9.97 Å². The molecule has 1 aliphatic carbocycles. The van der Waals surface area contributed by atoms with Crippen molar-refractivity contribution >= 4 is 33.1 Å². The number of aryl methyl sites for hydroxylation is 4. The Balaban J connectivity index is 1.77. The molecule has 0 fully saturated rings. The maximum absolute atomic E-state index is 4.64. The molecule has 3 nitrogen and oxygen atoms in total. The Morgan fingerprint density at radius 1 is 1.07 bits per heavy atom. The van der Waals surface area contributed by atoms with Crippen molar-refractivity contribution in [2.75, 3.05) is 5.32 Å². The van der Waals surface area contributed by atoms with Crippen LogP contribution < -0.4 is 5.32 Å². The molecule has 0 radical (unpaired) electrons. The number of nitrogens with one attached hydrogen (secondary N) is 1. The Morgan fingerprint density at radius 2 is 1.78 bits per heavy atom. The maximum Gasteiger partial charge on any atom is 0.142 e. The summed E-state index contributed by atoms with van der Waals surface area (Å²) in [7, 11) is 0. The van der Waals surface area contributed by atoms with Crippen LogP contribution in [0.15, 0.2) is 18.5 Å². The van der Waals surface area contributed by atoms with Gasteiger partial charge in [0.1, 0.15) is 17.0 Å². The zero-order valence-electron chi connectivity index (χ0n) is 17.2. The molecule has 0 saturated carbocycles. The molecular formula is C23H29N3S. The Hall–Kier alpha value is -1.94. The smallest absolute Gasteiger partial charge is 0.142 e. The van der Waals surface area contributed by atoms with Crippen LogP contribution in [0.4, 0.5) is 11.5 Å². The third kappa shape index (κ3) is 3.36. The zero-order chi connectivity index (χ0) is 19.3. The number of aromatic nitrogens is 2. The summed E-state index contributed by atoms with van der Waals surface area (Å²) in [5.74, 6) is 1.70. The van der Waals surface area contributed by atoms with Crippen molar-refractivity contribution in [1.82, 2.24) is 9.97 Å². The molecule has 1 aliphatic rings. The van der Waals surface area contributed by atoms with E-state index in [9.17, 15) is 0 Å². The molecule has 27 heavy (non-hydrogen) atoms. The highest BCUT2D eigenvalue weighted by atomic mass is 32.1. The molecular weight excluding hydrogens is 350 g/mol. The molecule has 0 bridgehead atoms. The maximum atomic E-state index is 4.64. The topological polar surface area (TPSA) is 37.8 Å². The molecule has 1 N–H and O–H groups in total. The first-order valence-corrected chi connectivity index (χ1v) is 10.7. The minimum absolute atomic E-state index is 0.358. The predicted molar refractivity (Wildman–Crippen MR) is 116 cm³/mol. The van der Waals surface area contributed by atoms with E-state index in [1.54, 1.807) is 6.33 Å². The van der Waals surface area contributed by atoms with E-state index in [0.717, 1.165) is 23.0 Å². The van der Waals surface area contributed by atoms with Gasteiger partial charge in [0.25, 0.3) is 0 Å². The first-order chi connectivity index (χ1) is 12.7. The molecule has 4 heteroatoms.